The Morgan fingerprint density at radius 1 is 1.25 bits per heavy atom. The van der Waals surface area contributed by atoms with E-state index in [1.807, 2.05) is 13.0 Å². The number of fused-ring (bicyclic) bond motifs is 1. The number of quaternary nitrogens is 1. The van der Waals surface area contributed by atoms with Gasteiger partial charge in [0.2, 0.25) is 0 Å². The molecule has 3 rings (SSSR count). The normalized spacial score (nSPS) is 17.4. The van der Waals surface area contributed by atoms with Gasteiger partial charge < -0.3 is 10.6 Å². The van der Waals surface area contributed by atoms with Crippen molar-refractivity contribution >= 4 is 11.6 Å². The Morgan fingerprint density at radius 2 is 2.00 bits per heavy atom. The van der Waals surface area contributed by atoms with Crippen LogP contribution in [0.2, 0.25) is 0 Å². The van der Waals surface area contributed by atoms with Gasteiger partial charge in [0, 0.05) is 12.0 Å². The third-order valence-corrected chi connectivity index (χ3v) is 4.66. The number of para-hydroxylation sites is 1. The van der Waals surface area contributed by atoms with Crippen LogP contribution in [0.4, 0.5) is 5.69 Å². The lowest BCUT2D eigenvalue weighted by Gasteiger charge is -2.26. The monoisotopic (exact) mass is 320 g/mol. The van der Waals surface area contributed by atoms with E-state index in [0.29, 0.717) is 17.3 Å². The number of nitrogens with two attached hydrogens (primary N) is 1. The summed E-state index contributed by atoms with van der Waals surface area (Å²) < 4.78 is 0. The minimum Gasteiger partial charge on any atom is -0.330 e. The Kier molecular flexibility index (Phi) is 4.93. The molecule has 3 N–H and O–H groups in total. The Balaban J connectivity index is 1.68. The molecule has 1 aliphatic rings. The van der Waals surface area contributed by atoms with E-state index in [4.69, 9.17) is 5.26 Å². The smallest absolute Gasteiger partial charge is 0.282 e. The van der Waals surface area contributed by atoms with Crippen molar-refractivity contribution in [1.82, 2.24) is 0 Å². The summed E-state index contributed by atoms with van der Waals surface area (Å²) in [6.07, 6.45) is 3.36. The molecule has 0 saturated carbocycles. The summed E-state index contributed by atoms with van der Waals surface area (Å²) in [7, 11) is 0. The van der Waals surface area contributed by atoms with Crippen LogP contribution in [0.3, 0.4) is 0 Å². The lowest BCUT2D eigenvalue weighted by molar-refractivity contribution is -0.714. The van der Waals surface area contributed by atoms with Gasteiger partial charge in [-0.3, -0.25) is 4.79 Å². The molecule has 1 aliphatic carbocycles. The number of aryl methyl sites for hydroxylation is 1. The molecule has 24 heavy (non-hydrogen) atoms. The van der Waals surface area contributed by atoms with E-state index in [1.165, 1.54) is 11.1 Å². The second-order valence-corrected chi connectivity index (χ2v) is 6.33. The van der Waals surface area contributed by atoms with Crippen molar-refractivity contribution < 1.29 is 10.1 Å². The van der Waals surface area contributed by atoms with E-state index < -0.39 is 0 Å². The van der Waals surface area contributed by atoms with Crippen LogP contribution in [0, 0.1) is 11.3 Å². The molecule has 0 fully saturated rings. The molecule has 0 unspecified atom stereocenters. The van der Waals surface area contributed by atoms with Crippen LogP contribution in [0.25, 0.3) is 0 Å². The van der Waals surface area contributed by atoms with Gasteiger partial charge in [-0.2, -0.15) is 5.26 Å². The lowest BCUT2D eigenvalue weighted by Crippen LogP contribution is -2.92. The molecule has 2 aromatic rings. The molecule has 4 heteroatoms. The zero-order valence-corrected chi connectivity index (χ0v) is 13.8. The lowest BCUT2D eigenvalue weighted by atomic mass is 9.87. The fourth-order valence-electron chi connectivity index (χ4n) is 3.36. The quantitative estimate of drug-likeness (QED) is 0.909. The first-order valence-electron chi connectivity index (χ1n) is 8.42. The maximum Gasteiger partial charge on any atom is 0.282 e. The van der Waals surface area contributed by atoms with Crippen LogP contribution in [0.15, 0.2) is 48.5 Å². The first-order valence-corrected chi connectivity index (χ1v) is 8.42. The summed E-state index contributed by atoms with van der Waals surface area (Å²) in [6, 6.07) is 17.8. The number of amides is 1. The van der Waals surface area contributed by atoms with E-state index in [-0.39, 0.29) is 11.9 Å². The molecule has 0 bridgehead atoms. The van der Waals surface area contributed by atoms with Gasteiger partial charge in [-0.1, -0.05) is 36.4 Å². The number of benzene rings is 2. The van der Waals surface area contributed by atoms with Crippen LogP contribution in [-0.4, -0.2) is 11.9 Å². The third kappa shape index (κ3) is 3.47. The van der Waals surface area contributed by atoms with Crippen molar-refractivity contribution in [3.05, 3.63) is 65.2 Å². The van der Waals surface area contributed by atoms with Crippen LogP contribution in [-0.2, 0) is 11.2 Å². The Hall–Kier alpha value is -2.64. The van der Waals surface area contributed by atoms with Gasteiger partial charge in [0.25, 0.3) is 5.91 Å². The third-order valence-electron chi connectivity index (χ3n) is 4.66. The second-order valence-electron chi connectivity index (χ2n) is 6.33. The molecule has 2 aromatic carbocycles. The average molecular weight is 320 g/mol. The number of nitrogens with one attached hydrogen (secondary N) is 1. The van der Waals surface area contributed by atoms with Crippen molar-refractivity contribution in [2.45, 2.75) is 38.3 Å². The molecule has 2 atom stereocenters. The number of carbonyl (C=O) groups excluding carboxylic acids is 1. The first kappa shape index (κ1) is 16.2. The molecular formula is C20H22N3O+. The van der Waals surface area contributed by atoms with Crippen LogP contribution in [0.1, 0.15) is 42.5 Å². The fraction of sp³-hybridized carbons (Fsp3) is 0.300. The first-order chi connectivity index (χ1) is 11.7. The minimum atomic E-state index is -0.215. The Bertz CT molecular complexity index is 778. The number of anilines is 1. The summed E-state index contributed by atoms with van der Waals surface area (Å²) >= 11 is 0. The molecule has 1 amide bonds. The molecule has 0 saturated heterocycles. The number of hydrogen-bond donors (Lipinski definition) is 2. The van der Waals surface area contributed by atoms with Gasteiger partial charge >= 0.3 is 0 Å². The zero-order valence-electron chi connectivity index (χ0n) is 13.8. The van der Waals surface area contributed by atoms with Crippen LogP contribution >= 0.6 is 0 Å². The summed E-state index contributed by atoms with van der Waals surface area (Å²) in [5, 5.41) is 14.2. The van der Waals surface area contributed by atoms with E-state index in [2.05, 4.69) is 41.0 Å². The van der Waals surface area contributed by atoms with Gasteiger partial charge in [-0.05, 0) is 37.5 Å². The highest BCUT2D eigenvalue weighted by molar-refractivity contribution is 5.94. The molecule has 122 valence electrons. The molecule has 0 heterocycles. The Morgan fingerprint density at radius 3 is 2.83 bits per heavy atom. The summed E-state index contributed by atoms with van der Waals surface area (Å²) in [4.78, 5) is 12.5. The highest BCUT2D eigenvalue weighted by atomic mass is 16.2. The van der Waals surface area contributed by atoms with Gasteiger partial charge in [0.1, 0.15) is 12.1 Å². The fourth-order valence-corrected chi connectivity index (χ4v) is 3.36. The standard InChI is InChI=1S/C20H21N3O/c1-14(20(24)23-18-11-5-3-8-16(18)13-21)22-19-12-6-9-15-7-2-4-10-17(15)19/h2-5,7-8,10-11,14,19,22H,6,9,12H2,1H3,(H,23,24)/p+1/t14-,19-/m1/s1. The van der Waals surface area contributed by atoms with E-state index in [9.17, 15) is 4.79 Å². The predicted octanol–water partition coefficient (Wildman–Crippen LogP) is 2.53. The zero-order chi connectivity index (χ0) is 16.9. The molecular weight excluding hydrogens is 298 g/mol. The van der Waals surface area contributed by atoms with Crippen molar-refractivity contribution in [3.63, 3.8) is 0 Å². The van der Waals surface area contributed by atoms with Crippen LogP contribution in [0.5, 0.6) is 0 Å². The van der Waals surface area contributed by atoms with Gasteiger partial charge in [0.15, 0.2) is 6.04 Å². The summed E-state index contributed by atoms with van der Waals surface area (Å²) in [5.74, 6) is -0.0687. The van der Waals surface area contributed by atoms with Gasteiger partial charge in [-0.15, -0.1) is 0 Å². The SMILES string of the molecule is C[C@@H]([NH2+][C@@H]1CCCc2ccccc21)C(=O)Nc1ccccc1C#N. The minimum absolute atomic E-state index is 0.0687. The van der Waals surface area contributed by atoms with Gasteiger partial charge in [0.05, 0.1) is 11.3 Å². The number of hydrogen-bond acceptors (Lipinski definition) is 2. The molecule has 0 spiro atoms. The number of carbonyl (C=O) groups is 1. The largest absolute Gasteiger partial charge is 0.330 e. The highest BCUT2D eigenvalue weighted by Crippen LogP contribution is 2.26. The summed E-state index contributed by atoms with van der Waals surface area (Å²) in [5.41, 5.74) is 3.81. The average Bonchev–Trinajstić information content (AvgIpc) is 2.62. The van der Waals surface area contributed by atoms with E-state index >= 15 is 0 Å². The van der Waals surface area contributed by atoms with E-state index in [0.717, 1.165) is 19.3 Å². The van der Waals surface area contributed by atoms with Crippen molar-refractivity contribution in [2.75, 3.05) is 5.32 Å². The maximum absolute atomic E-state index is 12.5. The second kappa shape index (κ2) is 7.29. The van der Waals surface area contributed by atoms with Gasteiger partial charge in [-0.25, -0.2) is 0 Å². The number of rotatable bonds is 4. The van der Waals surface area contributed by atoms with E-state index in [1.54, 1.807) is 18.2 Å². The topological polar surface area (TPSA) is 69.5 Å². The maximum atomic E-state index is 12.5. The van der Waals surface area contributed by atoms with Crippen molar-refractivity contribution in [3.8, 4) is 6.07 Å². The number of nitrogens with zero attached hydrogens (tertiary/aromatic N) is 1. The Labute approximate surface area is 142 Å². The molecule has 0 aliphatic heterocycles. The number of nitriles is 1. The highest BCUT2D eigenvalue weighted by Gasteiger charge is 2.27. The summed E-state index contributed by atoms with van der Waals surface area (Å²) in [6.45, 7) is 1.92. The van der Waals surface area contributed by atoms with Crippen molar-refractivity contribution in [1.29, 1.82) is 5.26 Å². The molecule has 0 aromatic heterocycles. The predicted molar refractivity (Wildman–Crippen MR) is 93.3 cm³/mol. The molecule has 4 nitrogen and oxygen atoms in total. The molecule has 0 radical (unpaired) electrons. The van der Waals surface area contributed by atoms with Crippen LogP contribution < -0.4 is 10.6 Å². The van der Waals surface area contributed by atoms with Crippen molar-refractivity contribution in [2.24, 2.45) is 0 Å².